The van der Waals surface area contributed by atoms with Crippen molar-refractivity contribution in [1.29, 1.82) is 0 Å². The number of aromatic hydroxyl groups is 1. The molecule has 14 heavy (non-hydrogen) atoms. The number of phenolic OH excluding ortho intramolecular Hbond substituents is 1. The molecule has 1 aromatic rings. The van der Waals surface area contributed by atoms with Crippen LogP contribution >= 0.6 is 0 Å². The van der Waals surface area contributed by atoms with Gasteiger partial charge >= 0.3 is 83.8 Å². The van der Waals surface area contributed by atoms with Gasteiger partial charge in [0.25, 0.3) is 0 Å². The number of hydrogen-bond acceptors (Lipinski definition) is 3. The zero-order valence-corrected chi connectivity index (χ0v) is 9.51. The predicted octanol–water partition coefficient (Wildman–Crippen LogP) is -0.902. The Morgan fingerprint density at radius 1 is 1.43 bits per heavy atom. The Labute approximate surface area is 84.2 Å². The molecule has 0 heterocycles. The number of nitrogens with two attached hydrogens (primary N) is 1. The quantitative estimate of drug-likeness (QED) is 0.408. The summed E-state index contributed by atoms with van der Waals surface area (Å²) in [6.45, 7) is 1.75. The van der Waals surface area contributed by atoms with Gasteiger partial charge in [0.05, 0.1) is 0 Å². The van der Waals surface area contributed by atoms with Crippen molar-refractivity contribution in [1.82, 2.24) is 0 Å². The second-order valence-electron chi connectivity index (χ2n) is 2.89. The van der Waals surface area contributed by atoms with E-state index in [0.29, 0.717) is 12.0 Å². The third kappa shape index (κ3) is 1.95. The first-order valence-electron chi connectivity index (χ1n) is 4.04. The number of hydrogen-bond donors (Lipinski definition) is 4. The van der Waals surface area contributed by atoms with Crippen molar-refractivity contribution in [3.63, 3.8) is 0 Å². The summed E-state index contributed by atoms with van der Waals surface area (Å²) in [6, 6.07) is 2.43. The molecule has 0 bridgehead atoms. The van der Waals surface area contributed by atoms with Gasteiger partial charge in [-0.3, -0.25) is 0 Å². The summed E-state index contributed by atoms with van der Waals surface area (Å²) < 4.78 is 28.8. The average Bonchev–Trinajstić information content (AvgIpc) is 2.02. The van der Waals surface area contributed by atoms with Gasteiger partial charge in [0.15, 0.2) is 0 Å². The molecule has 0 aliphatic heterocycles. The molecule has 0 aliphatic rings. The van der Waals surface area contributed by atoms with E-state index in [4.69, 9.17) is 13.9 Å². The van der Waals surface area contributed by atoms with Crippen LogP contribution in [0.3, 0.4) is 0 Å². The van der Waals surface area contributed by atoms with Crippen LogP contribution in [0.1, 0.15) is 12.5 Å². The molecular formula is C8H12AsNO4. The first-order chi connectivity index (χ1) is 6.38. The van der Waals surface area contributed by atoms with Crippen LogP contribution in [-0.4, -0.2) is 27.5 Å². The van der Waals surface area contributed by atoms with Crippen molar-refractivity contribution in [3.8, 4) is 5.75 Å². The van der Waals surface area contributed by atoms with Crippen LogP contribution < -0.4 is 10.1 Å². The SMILES string of the molecule is CCc1c(O)ccc([As](=O)(O)O)c1N. The van der Waals surface area contributed by atoms with Crippen LogP contribution in [0.15, 0.2) is 12.1 Å². The van der Waals surface area contributed by atoms with Gasteiger partial charge in [0, 0.05) is 0 Å². The molecule has 0 atom stereocenters. The van der Waals surface area contributed by atoms with Crippen LogP contribution in [0.25, 0.3) is 0 Å². The Balaban J connectivity index is 3.44. The molecule has 0 fully saturated rings. The van der Waals surface area contributed by atoms with Gasteiger partial charge in [-0.25, -0.2) is 0 Å². The van der Waals surface area contributed by atoms with Gasteiger partial charge in [-0.15, -0.1) is 0 Å². The minimum absolute atomic E-state index is 0.000000000000000222. The Hall–Kier alpha value is -0.902. The molecule has 0 spiro atoms. The number of anilines is 1. The van der Waals surface area contributed by atoms with Crippen molar-refractivity contribution in [2.75, 3.05) is 5.73 Å². The predicted molar refractivity (Wildman–Crippen MR) is 52.4 cm³/mol. The molecule has 0 radical (unpaired) electrons. The summed E-state index contributed by atoms with van der Waals surface area (Å²) in [4.78, 5) is 0. The van der Waals surface area contributed by atoms with E-state index >= 15 is 0 Å². The third-order valence-electron chi connectivity index (χ3n) is 1.98. The monoisotopic (exact) mass is 261 g/mol. The fourth-order valence-electron chi connectivity index (χ4n) is 1.27. The molecular weight excluding hydrogens is 249 g/mol. The van der Waals surface area contributed by atoms with Gasteiger partial charge in [-0.05, 0) is 0 Å². The van der Waals surface area contributed by atoms with E-state index in [1.165, 1.54) is 12.1 Å². The van der Waals surface area contributed by atoms with Crippen molar-refractivity contribution in [2.45, 2.75) is 13.3 Å². The number of benzene rings is 1. The summed E-state index contributed by atoms with van der Waals surface area (Å²) >= 11 is -4.97. The Morgan fingerprint density at radius 2 is 2.00 bits per heavy atom. The van der Waals surface area contributed by atoms with Crippen molar-refractivity contribution < 1.29 is 17.0 Å². The van der Waals surface area contributed by atoms with Gasteiger partial charge in [0.1, 0.15) is 0 Å². The number of rotatable bonds is 2. The molecule has 78 valence electrons. The second kappa shape index (κ2) is 3.69. The molecule has 0 unspecified atom stereocenters. The van der Waals surface area contributed by atoms with Gasteiger partial charge in [-0.2, -0.15) is 0 Å². The topological polar surface area (TPSA) is 104 Å². The third-order valence-corrected chi connectivity index (χ3v) is 4.11. The van der Waals surface area contributed by atoms with Crippen LogP contribution in [0.4, 0.5) is 5.69 Å². The maximum absolute atomic E-state index is 11.0. The van der Waals surface area contributed by atoms with Crippen LogP contribution in [0.5, 0.6) is 5.75 Å². The molecule has 0 saturated carbocycles. The summed E-state index contributed by atoms with van der Waals surface area (Å²) in [7, 11) is 0. The Bertz CT molecular complexity index is 399. The molecule has 1 aromatic carbocycles. The first-order valence-corrected chi connectivity index (χ1v) is 7.42. The molecule has 1 rings (SSSR count). The molecule has 0 aromatic heterocycles. The summed E-state index contributed by atoms with van der Waals surface area (Å²) in [5.74, 6) is -0.0299. The zero-order valence-electron chi connectivity index (χ0n) is 7.64. The van der Waals surface area contributed by atoms with Gasteiger partial charge < -0.3 is 0 Å². The number of phenols is 1. The van der Waals surface area contributed by atoms with Crippen molar-refractivity contribution >= 4 is 24.2 Å². The minimum atomic E-state index is -4.97. The van der Waals surface area contributed by atoms with Gasteiger partial charge in [0.2, 0.25) is 0 Å². The fraction of sp³-hybridized carbons (Fsp3) is 0.250. The van der Waals surface area contributed by atoms with E-state index < -0.39 is 14.2 Å². The van der Waals surface area contributed by atoms with Crippen LogP contribution in [-0.2, 0) is 10.2 Å². The van der Waals surface area contributed by atoms with E-state index in [0.717, 1.165) is 0 Å². The average molecular weight is 261 g/mol. The number of nitrogen functional groups attached to an aromatic ring is 1. The van der Waals surface area contributed by atoms with E-state index in [9.17, 15) is 8.85 Å². The molecule has 0 aliphatic carbocycles. The molecule has 6 heteroatoms. The van der Waals surface area contributed by atoms with Crippen LogP contribution in [0.2, 0.25) is 0 Å². The Kier molecular flexibility index (Phi) is 2.94. The fourth-order valence-corrected chi connectivity index (χ4v) is 2.77. The maximum atomic E-state index is 11.0. The van der Waals surface area contributed by atoms with Crippen molar-refractivity contribution in [2.24, 2.45) is 0 Å². The summed E-state index contributed by atoms with van der Waals surface area (Å²) in [5.41, 5.74) is 5.93. The Morgan fingerprint density at radius 3 is 2.43 bits per heavy atom. The summed E-state index contributed by atoms with van der Waals surface area (Å²) in [6.07, 6.45) is 0.432. The zero-order chi connectivity index (χ0) is 10.9. The van der Waals surface area contributed by atoms with E-state index in [2.05, 4.69) is 0 Å². The molecule has 5 nitrogen and oxygen atoms in total. The summed E-state index contributed by atoms with van der Waals surface area (Å²) in [5, 5.41) is 9.36. The van der Waals surface area contributed by atoms with E-state index in [1.54, 1.807) is 6.92 Å². The van der Waals surface area contributed by atoms with Crippen LogP contribution in [0, 0.1) is 0 Å². The molecule has 5 N–H and O–H groups in total. The first kappa shape index (κ1) is 11.2. The van der Waals surface area contributed by atoms with E-state index in [1.807, 2.05) is 0 Å². The standard InChI is InChI=1S/C8H12AsNO4/c1-2-5-7(11)4-3-6(8(5)10)9(12,13)14/h3-4,11H,2,10H2,1H3,(H2,12,13,14). The normalized spacial score (nSPS) is 11.6. The molecule has 0 saturated heterocycles. The second-order valence-corrected chi connectivity index (χ2v) is 6.19. The van der Waals surface area contributed by atoms with Gasteiger partial charge in [-0.1, -0.05) is 0 Å². The van der Waals surface area contributed by atoms with Crippen molar-refractivity contribution in [3.05, 3.63) is 17.7 Å². The molecule has 0 amide bonds. The van der Waals surface area contributed by atoms with E-state index in [-0.39, 0.29) is 15.8 Å².